The third-order valence-electron chi connectivity index (χ3n) is 3.47. The van der Waals surface area contributed by atoms with Crippen molar-refractivity contribution in [1.82, 2.24) is 0 Å². The normalized spacial score (nSPS) is 10.2. The van der Waals surface area contributed by atoms with Crippen LogP contribution in [0.3, 0.4) is 0 Å². The molecule has 0 aliphatic heterocycles. The summed E-state index contributed by atoms with van der Waals surface area (Å²) >= 11 is 11.9. The summed E-state index contributed by atoms with van der Waals surface area (Å²) in [7, 11) is 1.38. The van der Waals surface area contributed by atoms with E-state index < -0.39 is 23.4 Å². The van der Waals surface area contributed by atoms with Gasteiger partial charge in [-0.3, -0.25) is 14.9 Å². The second-order valence-corrected chi connectivity index (χ2v) is 6.17. The van der Waals surface area contributed by atoms with Gasteiger partial charge >= 0.3 is 5.97 Å². The van der Waals surface area contributed by atoms with Crippen molar-refractivity contribution in [3.05, 3.63) is 61.6 Å². The fourth-order valence-corrected chi connectivity index (χ4v) is 2.82. The molecular formula is C17H14Cl2N2O6. The van der Waals surface area contributed by atoms with E-state index in [1.807, 2.05) is 0 Å². The Morgan fingerprint density at radius 1 is 1.19 bits per heavy atom. The summed E-state index contributed by atoms with van der Waals surface area (Å²) in [5.74, 6) is -1.18. The third-order valence-corrected chi connectivity index (χ3v) is 4.03. The average Bonchev–Trinajstić information content (AvgIpc) is 2.60. The maximum Gasteiger partial charge on any atom is 0.338 e. The number of esters is 1. The maximum absolute atomic E-state index is 12.1. The summed E-state index contributed by atoms with van der Waals surface area (Å²) in [4.78, 5) is 34.2. The van der Waals surface area contributed by atoms with Crippen LogP contribution >= 0.6 is 23.2 Å². The van der Waals surface area contributed by atoms with E-state index in [-0.39, 0.29) is 27.0 Å². The smallest absolute Gasteiger partial charge is 0.338 e. The SMILES string of the molecule is COc1c(Cl)cc(C(=O)OCC(=O)Nc2ccc([N+](=O)[O-])cc2C)cc1Cl. The average molecular weight is 413 g/mol. The van der Waals surface area contributed by atoms with Crippen molar-refractivity contribution in [3.63, 3.8) is 0 Å². The van der Waals surface area contributed by atoms with Gasteiger partial charge in [0, 0.05) is 17.8 Å². The molecule has 0 bridgehead atoms. The lowest BCUT2D eigenvalue weighted by molar-refractivity contribution is -0.384. The largest absolute Gasteiger partial charge is 0.494 e. The van der Waals surface area contributed by atoms with E-state index in [1.54, 1.807) is 6.92 Å². The Morgan fingerprint density at radius 3 is 2.33 bits per heavy atom. The van der Waals surface area contributed by atoms with Gasteiger partial charge in [-0.05, 0) is 30.7 Å². The monoisotopic (exact) mass is 412 g/mol. The molecule has 0 unspecified atom stereocenters. The number of nitrogens with one attached hydrogen (secondary N) is 1. The standard InChI is InChI=1S/C17H14Cl2N2O6/c1-9-5-11(21(24)25)3-4-14(9)20-15(22)8-27-17(23)10-6-12(18)16(26-2)13(19)7-10/h3-7H,8H2,1-2H3,(H,20,22). The number of nitro groups is 1. The molecule has 10 heteroatoms. The number of carbonyl (C=O) groups excluding carboxylic acids is 2. The topological polar surface area (TPSA) is 108 Å². The molecule has 0 spiro atoms. The highest BCUT2D eigenvalue weighted by atomic mass is 35.5. The van der Waals surface area contributed by atoms with Crippen LogP contribution in [0.2, 0.25) is 10.0 Å². The lowest BCUT2D eigenvalue weighted by atomic mass is 10.2. The van der Waals surface area contributed by atoms with Gasteiger partial charge in [0.25, 0.3) is 11.6 Å². The van der Waals surface area contributed by atoms with Crippen LogP contribution in [0, 0.1) is 17.0 Å². The minimum atomic E-state index is -0.794. The van der Waals surface area contributed by atoms with Crippen molar-refractivity contribution < 1.29 is 24.0 Å². The van der Waals surface area contributed by atoms with E-state index in [0.29, 0.717) is 11.3 Å². The number of carbonyl (C=O) groups is 2. The number of hydrogen-bond acceptors (Lipinski definition) is 6. The van der Waals surface area contributed by atoms with Gasteiger partial charge in [-0.25, -0.2) is 4.79 Å². The Balaban J connectivity index is 1.99. The molecule has 2 aromatic rings. The highest BCUT2D eigenvalue weighted by Crippen LogP contribution is 2.34. The molecule has 0 heterocycles. The first kappa shape index (κ1) is 20.5. The zero-order chi connectivity index (χ0) is 20.1. The fraction of sp³-hybridized carbons (Fsp3) is 0.176. The molecular weight excluding hydrogens is 399 g/mol. The summed E-state index contributed by atoms with van der Waals surface area (Å²) in [5, 5.41) is 13.5. The van der Waals surface area contributed by atoms with E-state index in [1.165, 1.54) is 37.4 Å². The second-order valence-electron chi connectivity index (χ2n) is 5.35. The number of ether oxygens (including phenoxy) is 2. The van der Waals surface area contributed by atoms with Gasteiger partial charge in [0.1, 0.15) is 0 Å². The first-order valence-corrected chi connectivity index (χ1v) is 8.23. The molecule has 0 aliphatic rings. The molecule has 0 aliphatic carbocycles. The van der Waals surface area contributed by atoms with E-state index in [0.717, 1.165) is 0 Å². The highest BCUT2D eigenvalue weighted by Gasteiger charge is 2.16. The molecule has 142 valence electrons. The van der Waals surface area contributed by atoms with Crippen LogP contribution < -0.4 is 10.1 Å². The van der Waals surface area contributed by atoms with Gasteiger partial charge in [-0.1, -0.05) is 23.2 Å². The Morgan fingerprint density at radius 2 is 1.81 bits per heavy atom. The van der Waals surface area contributed by atoms with Gasteiger partial charge in [0.15, 0.2) is 12.4 Å². The number of rotatable bonds is 6. The fourth-order valence-electron chi connectivity index (χ4n) is 2.18. The third kappa shape index (κ3) is 5.08. The van der Waals surface area contributed by atoms with Gasteiger partial charge in [-0.2, -0.15) is 0 Å². The van der Waals surface area contributed by atoms with E-state index in [2.05, 4.69) is 5.32 Å². The molecule has 0 saturated carbocycles. The number of aryl methyl sites for hydroxylation is 1. The van der Waals surface area contributed by atoms with E-state index >= 15 is 0 Å². The summed E-state index contributed by atoms with van der Waals surface area (Å²) in [6.07, 6.45) is 0. The number of amides is 1. The lowest BCUT2D eigenvalue weighted by Crippen LogP contribution is -2.21. The van der Waals surface area contributed by atoms with E-state index in [9.17, 15) is 19.7 Å². The maximum atomic E-state index is 12.1. The van der Waals surface area contributed by atoms with Crippen LogP contribution in [0.25, 0.3) is 0 Å². The number of nitrogens with zero attached hydrogens (tertiary/aromatic N) is 1. The lowest BCUT2D eigenvalue weighted by Gasteiger charge is -2.10. The van der Waals surface area contributed by atoms with Crippen LogP contribution in [0.5, 0.6) is 5.75 Å². The molecule has 0 fully saturated rings. The van der Waals surface area contributed by atoms with Crippen LogP contribution in [0.1, 0.15) is 15.9 Å². The molecule has 2 rings (SSSR count). The van der Waals surface area contributed by atoms with Crippen molar-refractivity contribution in [1.29, 1.82) is 0 Å². The zero-order valence-corrected chi connectivity index (χ0v) is 15.8. The Hall–Kier alpha value is -2.84. The zero-order valence-electron chi connectivity index (χ0n) is 14.2. The molecule has 0 aromatic heterocycles. The Labute approximate surface area is 164 Å². The van der Waals surface area contributed by atoms with Gasteiger partial charge in [-0.15, -0.1) is 0 Å². The number of methoxy groups -OCH3 is 1. The van der Waals surface area contributed by atoms with Crippen molar-refractivity contribution in [2.75, 3.05) is 19.0 Å². The van der Waals surface area contributed by atoms with Crippen LogP contribution in [-0.2, 0) is 9.53 Å². The first-order chi connectivity index (χ1) is 12.7. The number of non-ortho nitro benzene ring substituents is 1. The molecule has 0 atom stereocenters. The summed E-state index contributed by atoms with van der Waals surface area (Å²) < 4.78 is 9.92. The van der Waals surface area contributed by atoms with Crippen molar-refractivity contribution in [3.8, 4) is 5.75 Å². The Kier molecular flexibility index (Phi) is 6.59. The Bertz CT molecular complexity index is 893. The molecule has 2 aromatic carbocycles. The number of halogens is 2. The number of anilines is 1. The number of hydrogen-bond donors (Lipinski definition) is 1. The van der Waals surface area contributed by atoms with E-state index in [4.69, 9.17) is 32.7 Å². The first-order valence-electron chi connectivity index (χ1n) is 7.48. The van der Waals surface area contributed by atoms with Crippen molar-refractivity contribution in [2.24, 2.45) is 0 Å². The highest BCUT2D eigenvalue weighted by molar-refractivity contribution is 6.37. The van der Waals surface area contributed by atoms with Crippen LogP contribution in [0.4, 0.5) is 11.4 Å². The van der Waals surface area contributed by atoms with Gasteiger partial charge in [0.05, 0.1) is 27.6 Å². The molecule has 1 amide bonds. The summed E-state index contributed by atoms with van der Waals surface area (Å²) in [6, 6.07) is 6.61. The molecule has 0 radical (unpaired) electrons. The molecule has 0 saturated heterocycles. The number of nitro benzene ring substituents is 1. The minimum absolute atomic E-state index is 0.0603. The van der Waals surface area contributed by atoms with Crippen LogP contribution in [-0.4, -0.2) is 30.5 Å². The second kappa shape index (κ2) is 8.70. The number of benzene rings is 2. The van der Waals surface area contributed by atoms with Crippen LogP contribution in [0.15, 0.2) is 30.3 Å². The minimum Gasteiger partial charge on any atom is -0.494 e. The molecule has 8 nitrogen and oxygen atoms in total. The van der Waals surface area contributed by atoms with Crippen molar-refractivity contribution in [2.45, 2.75) is 6.92 Å². The van der Waals surface area contributed by atoms with Gasteiger partial charge in [0.2, 0.25) is 0 Å². The summed E-state index contributed by atoms with van der Waals surface area (Å²) in [6.45, 7) is 1.05. The molecule has 1 N–H and O–H groups in total. The quantitative estimate of drug-likeness (QED) is 0.436. The predicted molar refractivity (Wildman–Crippen MR) is 99.8 cm³/mol. The predicted octanol–water partition coefficient (Wildman–Crippen LogP) is 4.01. The summed E-state index contributed by atoms with van der Waals surface area (Å²) in [5.41, 5.74) is 0.838. The molecule has 27 heavy (non-hydrogen) atoms. The van der Waals surface area contributed by atoms with Gasteiger partial charge < -0.3 is 14.8 Å². The van der Waals surface area contributed by atoms with Crippen molar-refractivity contribution >= 4 is 46.5 Å².